The maximum atomic E-state index is 11.8. The number of rotatable bonds is 3. The normalized spacial score (nSPS) is 10.9. The van der Waals surface area contributed by atoms with Gasteiger partial charge in [0, 0.05) is 5.69 Å². The Kier molecular flexibility index (Phi) is 4.69. The van der Waals surface area contributed by atoms with Crippen molar-refractivity contribution in [3.8, 4) is 0 Å². The number of ether oxygens (including phenoxy) is 2. The van der Waals surface area contributed by atoms with E-state index in [1.807, 2.05) is 12.1 Å². The van der Waals surface area contributed by atoms with Crippen molar-refractivity contribution in [1.82, 2.24) is 0 Å². The average Bonchev–Trinajstić information content (AvgIpc) is 2.44. The highest BCUT2D eigenvalue weighted by molar-refractivity contribution is 5.97. The third-order valence-corrected chi connectivity index (χ3v) is 2.91. The van der Waals surface area contributed by atoms with Crippen molar-refractivity contribution in [2.45, 2.75) is 26.4 Å². The van der Waals surface area contributed by atoms with Gasteiger partial charge in [0.05, 0.1) is 11.8 Å². The summed E-state index contributed by atoms with van der Waals surface area (Å²) in [6, 6.07) is 10.5. The standard InChI is InChI=1S/C18H19NO4/c1-5-22-16(20)14-7-6-13-11-15(9-8-12(13)10-14)19-17(21)23-18(2,3)4/h5-11H,1H2,2-4H3,(H,19,21). The first kappa shape index (κ1) is 16.5. The SMILES string of the molecule is C=COC(=O)c1ccc2cc(NC(=O)OC(C)(C)C)ccc2c1. The van der Waals surface area contributed by atoms with Crippen molar-refractivity contribution in [3.63, 3.8) is 0 Å². The molecular weight excluding hydrogens is 294 g/mol. The monoisotopic (exact) mass is 313 g/mol. The van der Waals surface area contributed by atoms with Gasteiger partial charge in [-0.1, -0.05) is 18.7 Å². The zero-order chi connectivity index (χ0) is 17.0. The molecule has 120 valence electrons. The molecule has 0 saturated heterocycles. The number of carbonyl (C=O) groups excluding carboxylic acids is 2. The van der Waals surface area contributed by atoms with Gasteiger partial charge in [-0.2, -0.15) is 0 Å². The van der Waals surface area contributed by atoms with Gasteiger partial charge in [0.2, 0.25) is 0 Å². The molecule has 0 fully saturated rings. The molecule has 0 atom stereocenters. The molecule has 1 amide bonds. The molecule has 1 N–H and O–H groups in total. The molecule has 0 unspecified atom stereocenters. The number of carbonyl (C=O) groups is 2. The Bertz CT molecular complexity index is 759. The molecule has 0 aromatic heterocycles. The van der Waals surface area contributed by atoms with E-state index in [1.54, 1.807) is 45.0 Å². The molecule has 2 rings (SSSR count). The van der Waals surface area contributed by atoms with E-state index in [9.17, 15) is 9.59 Å². The molecule has 0 aliphatic heterocycles. The Hall–Kier alpha value is -2.82. The molecule has 0 aliphatic carbocycles. The molecular formula is C18H19NO4. The molecule has 0 bridgehead atoms. The molecule has 2 aromatic rings. The van der Waals surface area contributed by atoms with Crippen LogP contribution in [0.2, 0.25) is 0 Å². The fourth-order valence-electron chi connectivity index (χ4n) is 2.02. The van der Waals surface area contributed by atoms with Crippen molar-refractivity contribution in [1.29, 1.82) is 0 Å². The van der Waals surface area contributed by atoms with E-state index in [-0.39, 0.29) is 0 Å². The van der Waals surface area contributed by atoms with Gasteiger partial charge in [-0.25, -0.2) is 9.59 Å². The van der Waals surface area contributed by atoms with Gasteiger partial charge in [-0.05, 0) is 55.8 Å². The molecule has 0 heterocycles. The summed E-state index contributed by atoms with van der Waals surface area (Å²) in [6.45, 7) is 8.77. The lowest BCUT2D eigenvalue weighted by atomic mass is 10.1. The predicted molar refractivity (Wildman–Crippen MR) is 89.4 cm³/mol. The predicted octanol–water partition coefficient (Wildman–Crippen LogP) is 4.49. The van der Waals surface area contributed by atoms with Gasteiger partial charge in [0.15, 0.2) is 0 Å². The van der Waals surface area contributed by atoms with E-state index in [0.29, 0.717) is 11.3 Å². The third-order valence-electron chi connectivity index (χ3n) is 2.91. The average molecular weight is 313 g/mol. The minimum Gasteiger partial charge on any atom is -0.444 e. The van der Waals surface area contributed by atoms with Crippen LogP contribution in [-0.2, 0) is 9.47 Å². The highest BCUT2D eigenvalue weighted by atomic mass is 16.6. The number of benzene rings is 2. The topological polar surface area (TPSA) is 64.6 Å². The maximum absolute atomic E-state index is 11.8. The number of nitrogens with one attached hydrogen (secondary N) is 1. The van der Waals surface area contributed by atoms with Crippen LogP contribution in [0.15, 0.2) is 49.2 Å². The first-order chi connectivity index (χ1) is 10.8. The molecule has 2 aromatic carbocycles. The lowest BCUT2D eigenvalue weighted by Gasteiger charge is -2.19. The van der Waals surface area contributed by atoms with Gasteiger partial charge in [-0.3, -0.25) is 5.32 Å². The Morgan fingerprint density at radius 1 is 1.09 bits per heavy atom. The summed E-state index contributed by atoms with van der Waals surface area (Å²) in [5, 5.41) is 4.42. The number of amides is 1. The molecule has 23 heavy (non-hydrogen) atoms. The Balaban J connectivity index is 2.20. The van der Waals surface area contributed by atoms with Crippen molar-refractivity contribution in [2.75, 3.05) is 5.32 Å². The van der Waals surface area contributed by atoms with Gasteiger partial charge >= 0.3 is 12.1 Å². The van der Waals surface area contributed by atoms with Crippen LogP contribution in [0, 0.1) is 0 Å². The summed E-state index contributed by atoms with van der Waals surface area (Å²) in [6.07, 6.45) is 0.587. The Morgan fingerprint density at radius 2 is 1.74 bits per heavy atom. The first-order valence-electron chi connectivity index (χ1n) is 7.14. The number of fused-ring (bicyclic) bond motifs is 1. The largest absolute Gasteiger partial charge is 0.444 e. The summed E-state index contributed by atoms with van der Waals surface area (Å²) in [5.74, 6) is -0.460. The van der Waals surface area contributed by atoms with Crippen molar-refractivity contribution in [2.24, 2.45) is 0 Å². The lowest BCUT2D eigenvalue weighted by molar-refractivity contribution is 0.0632. The highest BCUT2D eigenvalue weighted by Crippen LogP contribution is 2.22. The van der Waals surface area contributed by atoms with Crippen LogP contribution in [0.1, 0.15) is 31.1 Å². The van der Waals surface area contributed by atoms with Crippen LogP contribution >= 0.6 is 0 Å². The van der Waals surface area contributed by atoms with Crippen LogP contribution in [-0.4, -0.2) is 17.7 Å². The second kappa shape index (κ2) is 6.52. The van der Waals surface area contributed by atoms with E-state index in [1.165, 1.54) is 0 Å². The molecule has 0 saturated carbocycles. The Labute approximate surface area is 134 Å². The van der Waals surface area contributed by atoms with Gasteiger partial charge in [0.1, 0.15) is 5.60 Å². The van der Waals surface area contributed by atoms with Crippen molar-refractivity contribution in [3.05, 3.63) is 54.8 Å². The second-order valence-electron chi connectivity index (χ2n) is 5.98. The number of hydrogen-bond donors (Lipinski definition) is 1. The van der Waals surface area contributed by atoms with Crippen LogP contribution in [0.5, 0.6) is 0 Å². The fourth-order valence-corrected chi connectivity index (χ4v) is 2.02. The van der Waals surface area contributed by atoms with E-state index >= 15 is 0 Å². The summed E-state index contributed by atoms with van der Waals surface area (Å²) >= 11 is 0. The van der Waals surface area contributed by atoms with Crippen LogP contribution in [0.25, 0.3) is 10.8 Å². The summed E-state index contributed by atoms with van der Waals surface area (Å²) in [4.78, 5) is 23.4. The van der Waals surface area contributed by atoms with E-state index < -0.39 is 17.7 Å². The number of anilines is 1. The zero-order valence-electron chi connectivity index (χ0n) is 13.4. The van der Waals surface area contributed by atoms with Crippen molar-refractivity contribution >= 4 is 28.5 Å². The van der Waals surface area contributed by atoms with Gasteiger partial charge in [0.25, 0.3) is 0 Å². The van der Waals surface area contributed by atoms with E-state index in [2.05, 4.69) is 11.9 Å². The zero-order valence-corrected chi connectivity index (χ0v) is 13.4. The minimum absolute atomic E-state index is 0.435. The maximum Gasteiger partial charge on any atom is 0.412 e. The molecule has 0 spiro atoms. The van der Waals surface area contributed by atoms with E-state index in [0.717, 1.165) is 17.0 Å². The fraction of sp³-hybridized carbons (Fsp3) is 0.222. The molecule has 5 nitrogen and oxygen atoms in total. The summed E-state index contributed by atoms with van der Waals surface area (Å²) in [5.41, 5.74) is 0.500. The summed E-state index contributed by atoms with van der Waals surface area (Å²) in [7, 11) is 0. The van der Waals surface area contributed by atoms with Gasteiger partial charge < -0.3 is 9.47 Å². The van der Waals surface area contributed by atoms with Crippen LogP contribution < -0.4 is 5.32 Å². The van der Waals surface area contributed by atoms with Crippen LogP contribution in [0.4, 0.5) is 10.5 Å². The van der Waals surface area contributed by atoms with Crippen molar-refractivity contribution < 1.29 is 19.1 Å². The lowest BCUT2D eigenvalue weighted by Crippen LogP contribution is -2.27. The smallest absolute Gasteiger partial charge is 0.412 e. The Morgan fingerprint density at radius 3 is 2.39 bits per heavy atom. The highest BCUT2D eigenvalue weighted by Gasteiger charge is 2.16. The third kappa shape index (κ3) is 4.57. The number of hydrogen-bond acceptors (Lipinski definition) is 4. The molecule has 5 heteroatoms. The molecule has 0 aliphatic rings. The summed E-state index contributed by atoms with van der Waals surface area (Å²) < 4.78 is 9.96. The van der Waals surface area contributed by atoms with E-state index in [4.69, 9.17) is 9.47 Å². The second-order valence-corrected chi connectivity index (χ2v) is 5.98. The molecule has 0 radical (unpaired) electrons. The number of esters is 1. The van der Waals surface area contributed by atoms with Crippen LogP contribution in [0.3, 0.4) is 0 Å². The minimum atomic E-state index is -0.554. The first-order valence-corrected chi connectivity index (χ1v) is 7.14. The van der Waals surface area contributed by atoms with Gasteiger partial charge in [-0.15, -0.1) is 0 Å². The quantitative estimate of drug-likeness (QED) is 0.670.